The first kappa shape index (κ1) is 7.86. The smallest absolute Gasteiger partial charge is 0.134 e. The van der Waals surface area contributed by atoms with Crippen molar-refractivity contribution in [3.63, 3.8) is 0 Å². The quantitative estimate of drug-likeness (QED) is 0.554. The summed E-state index contributed by atoms with van der Waals surface area (Å²) < 4.78 is 2.57. The molecule has 1 aliphatic heterocycles. The summed E-state index contributed by atoms with van der Waals surface area (Å²) in [6.45, 7) is 8.08. The third-order valence-electron chi connectivity index (χ3n) is 2.48. The van der Waals surface area contributed by atoms with Crippen LogP contribution in [-0.4, -0.2) is 20.1 Å². The van der Waals surface area contributed by atoms with Crippen molar-refractivity contribution < 1.29 is 0 Å². The average molecular weight is 177 g/mol. The molecule has 0 amide bonds. The van der Waals surface area contributed by atoms with Crippen LogP contribution in [0.3, 0.4) is 0 Å². The molecule has 0 saturated carbocycles. The van der Waals surface area contributed by atoms with Crippen molar-refractivity contribution in [2.24, 2.45) is 0 Å². The van der Waals surface area contributed by atoms with Crippen LogP contribution < -0.4 is 0 Å². The van der Waals surface area contributed by atoms with E-state index in [1.54, 1.807) is 0 Å². The van der Waals surface area contributed by atoms with E-state index >= 15 is 0 Å². The predicted molar refractivity (Wildman–Crippen MR) is 55.5 cm³/mol. The third-order valence-corrected chi connectivity index (χ3v) is 4.22. The van der Waals surface area contributed by atoms with Crippen molar-refractivity contribution in [2.45, 2.75) is 20.0 Å². The Hall–Kier alpha value is -0.763. The highest BCUT2D eigenvalue weighted by Crippen LogP contribution is 2.31. The predicted octanol–water partition coefficient (Wildman–Crippen LogP) is 2.06. The number of allylic oxidation sites excluding steroid dienone is 3. The molecule has 0 fully saturated rings. The van der Waals surface area contributed by atoms with E-state index in [2.05, 4.69) is 42.8 Å². The van der Waals surface area contributed by atoms with Gasteiger partial charge in [0.25, 0.3) is 0 Å². The molecular weight excluding hydrogens is 162 g/mol. The molecule has 0 aromatic carbocycles. The van der Waals surface area contributed by atoms with Crippen LogP contribution in [0.5, 0.6) is 0 Å². The Morgan fingerprint density at radius 3 is 2.75 bits per heavy atom. The van der Waals surface area contributed by atoms with Gasteiger partial charge >= 0.3 is 0 Å². The molecule has 1 nitrogen and oxygen atoms in total. The Balaban J connectivity index is 2.28. The molecular formula is C10H15NSi. The van der Waals surface area contributed by atoms with Gasteiger partial charge in [-0.1, -0.05) is 25.2 Å². The molecule has 0 atom stereocenters. The van der Waals surface area contributed by atoms with E-state index < -0.39 is 8.96 Å². The van der Waals surface area contributed by atoms with E-state index in [0.717, 1.165) is 6.54 Å². The highest BCUT2D eigenvalue weighted by atomic mass is 28.3. The van der Waals surface area contributed by atoms with Gasteiger partial charge in [-0.2, -0.15) is 0 Å². The Kier molecular flexibility index (Phi) is 1.72. The number of fused-ring (bicyclic) bond motifs is 1. The number of hydrogen-bond donors (Lipinski definition) is 0. The van der Waals surface area contributed by atoms with E-state index in [0.29, 0.717) is 0 Å². The van der Waals surface area contributed by atoms with Crippen molar-refractivity contribution >= 4 is 8.96 Å². The van der Waals surface area contributed by atoms with Gasteiger partial charge in [-0.3, -0.25) is 0 Å². The van der Waals surface area contributed by atoms with Gasteiger partial charge in [0, 0.05) is 12.2 Å². The van der Waals surface area contributed by atoms with Gasteiger partial charge in [0.05, 0.1) is 0 Å². The van der Waals surface area contributed by atoms with E-state index in [1.807, 2.05) is 0 Å². The van der Waals surface area contributed by atoms with Crippen LogP contribution in [0.15, 0.2) is 35.1 Å². The fraction of sp³-hybridized carbons (Fsp3) is 0.400. The van der Waals surface area contributed by atoms with Crippen LogP contribution in [0.4, 0.5) is 0 Å². The zero-order valence-corrected chi connectivity index (χ0v) is 9.12. The first-order valence-corrected chi connectivity index (χ1v) is 7.38. The zero-order valence-electron chi connectivity index (χ0n) is 7.96. The van der Waals surface area contributed by atoms with E-state index in [1.165, 1.54) is 16.8 Å². The molecule has 2 rings (SSSR count). The molecule has 12 heavy (non-hydrogen) atoms. The summed E-state index contributed by atoms with van der Waals surface area (Å²) in [5, 5.41) is 0. The lowest BCUT2D eigenvalue weighted by Crippen LogP contribution is -2.30. The van der Waals surface area contributed by atoms with Crippen LogP contribution >= 0.6 is 0 Å². The lowest BCUT2D eigenvalue weighted by molar-refractivity contribution is 0.635. The maximum Gasteiger partial charge on any atom is 0.134 e. The van der Waals surface area contributed by atoms with Crippen LogP contribution in [0.25, 0.3) is 0 Å². The Labute approximate surface area is 75.8 Å². The standard InChI is InChI=1S/C10H15NSi/c1-8-6-9-4-5-11(12(2)3)10(9)7-8/h4,6-7,12H,5H2,1-3H3. The molecule has 2 aliphatic rings. The molecule has 0 aromatic heterocycles. The summed E-state index contributed by atoms with van der Waals surface area (Å²) in [5.74, 6) is 0. The highest BCUT2D eigenvalue weighted by Gasteiger charge is 2.23. The van der Waals surface area contributed by atoms with Crippen molar-refractivity contribution in [1.82, 2.24) is 4.57 Å². The fourth-order valence-corrected chi connectivity index (χ4v) is 3.16. The van der Waals surface area contributed by atoms with E-state index in [-0.39, 0.29) is 0 Å². The molecule has 0 aromatic rings. The summed E-state index contributed by atoms with van der Waals surface area (Å²) in [4.78, 5) is 0. The Morgan fingerprint density at radius 1 is 1.33 bits per heavy atom. The monoisotopic (exact) mass is 177 g/mol. The van der Waals surface area contributed by atoms with Crippen molar-refractivity contribution in [3.05, 3.63) is 35.1 Å². The molecule has 0 unspecified atom stereocenters. The van der Waals surface area contributed by atoms with Crippen molar-refractivity contribution in [2.75, 3.05) is 6.54 Å². The minimum atomic E-state index is -0.645. The lowest BCUT2D eigenvalue weighted by atomic mass is 10.3. The molecule has 1 heterocycles. The largest absolute Gasteiger partial charge is 0.397 e. The van der Waals surface area contributed by atoms with Gasteiger partial charge in [-0.25, -0.2) is 0 Å². The average Bonchev–Trinajstić information content (AvgIpc) is 2.43. The van der Waals surface area contributed by atoms with E-state index in [4.69, 9.17) is 0 Å². The van der Waals surface area contributed by atoms with Gasteiger partial charge in [0.1, 0.15) is 8.96 Å². The topological polar surface area (TPSA) is 3.24 Å². The molecule has 2 heteroatoms. The normalized spacial score (nSPS) is 21.0. The van der Waals surface area contributed by atoms with Crippen molar-refractivity contribution in [3.8, 4) is 0 Å². The van der Waals surface area contributed by atoms with Crippen LogP contribution in [-0.2, 0) is 0 Å². The van der Waals surface area contributed by atoms with E-state index in [9.17, 15) is 0 Å². The maximum atomic E-state index is 2.57. The molecule has 0 bridgehead atoms. The molecule has 1 aliphatic carbocycles. The summed E-state index contributed by atoms with van der Waals surface area (Å²) in [6, 6.07) is 0. The second-order valence-electron chi connectivity index (χ2n) is 3.82. The first-order valence-electron chi connectivity index (χ1n) is 4.55. The van der Waals surface area contributed by atoms with Gasteiger partial charge in [-0.05, 0) is 24.1 Å². The Bertz CT molecular complexity index is 297. The minimum absolute atomic E-state index is 0.645. The first-order chi connectivity index (χ1) is 5.68. The van der Waals surface area contributed by atoms with Gasteiger partial charge in [-0.15, -0.1) is 0 Å². The van der Waals surface area contributed by atoms with Gasteiger partial charge in [0.15, 0.2) is 0 Å². The molecule has 64 valence electrons. The Morgan fingerprint density at radius 2 is 2.08 bits per heavy atom. The lowest BCUT2D eigenvalue weighted by Gasteiger charge is -2.23. The van der Waals surface area contributed by atoms with Gasteiger partial charge < -0.3 is 4.57 Å². The molecule has 0 spiro atoms. The van der Waals surface area contributed by atoms with Crippen LogP contribution in [0.1, 0.15) is 6.92 Å². The summed E-state index contributed by atoms with van der Waals surface area (Å²) in [6.07, 6.45) is 6.94. The number of hydrogen-bond acceptors (Lipinski definition) is 1. The fourth-order valence-electron chi connectivity index (χ4n) is 1.86. The number of rotatable bonds is 1. The molecule has 0 saturated heterocycles. The maximum absolute atomic E-state index is 2.57. The summed E-state index contributed by atoms with van der Waals surface area (Å²) in [7, 11) is -0.645. The van der Waals surface area contributed by atoms with Crippen molar-refractivity contribution in [1.29, 1.82) is 0 Å². The second kappa shape index (κ2) is 2.63. The number of nitrogens with zero attached hydrogens (tertiary/aromatic N) is 1. The third kappa shape index (κ3) is 1.07. The highest BCUT2D eigenvalue weighted by molar-refractivity contribution is 6.53. The summed E-state index contributed by atoms with van der Waals surface area (Å²) in [5.41, 5.74) is 4.33. The van der Waals surface area contributed by atoms with Crippen LogP contribution in [0.2, 0.25) is 13.1 Å². The summed E-state index contributed by atoms with van der Waals surface area (Å²) >= 11 is 0. The zero-order chi connectivity index (χ0) is 8.72. The van der Waals surface area contributed by atoms with Gasteiger partial charge in [0.2, 0.25) is 0 Å². The molecule has 0 N–H and O–H groups in total. The minimum Gasteiger partial charge on any atom is -0.397 e. The SMILES string of the molecule is CC1=CC2=CCN([SiH](C)C)C2=C1. The second-order valence-corrected chi connectivity index (χ2v) is 6.63. The van der Waals surface area contributed by atoms with Crippen LogP contribution in [0, 0.1) is 0 Å². The molecule has 0 radical (unpaired) electrons.